The second-order valence-electron chi connectivity index (χ2n) is 9.65. The highest BCUT2D eigenvalue weighted by atomic mass is 16.5. The number of ketones is 1. The fourth-order valence-electron chi connectivity index (χ4n) is 3.45. The fourth-order valence-corrected chi connectivity index (χ4v) is 3.45. The van der Waals surface area contributed by atoms with Crippen LogP contribution >= 0.6 is 0 Å². The number of ether oxygens (including phenoxy) is 1. The van der Waals surface area contributed by atoms with Gasteiger partial charge < -0.3 is 19.8 Å². The van der Waals surface area contributed by atoms with Gasteiger partial charge in [-0.3, -0.25) is 9.59 Å². The van der Waals surface area contributed by atoms with Gasteiger partial charge in [0.05, 0.1) is 12.1 Å². The molecule has 0 bridgehead atoms. The van der Waals surface area contributed by atoms with Gasteiger partial charge in [0.1, 0.15) is 12.6 Å². The van der Waals surface area contributed by atoms with Gasteiger partial charge >= 0.3 is 11.8 Å². The lowest BCUT2D eigenvalue weighted by atomic mass is 9.98. The highest BCUT2D eigenvalue weighted by molar-refractivity contribution is 5.99. The molecule has 0 saturated carbocycles. The number of nitrogens with one attached hydrogen (secondary N) is 2. The molecule has 35 heavy (non-hydrogen) atoms. The van der Waals surface area contributed by atoms with E-state index in [2.05, 4.69) is 15.7 Å². The van der Waals surface area contributed by atoms with E-state index in [0.717, 1.165) is 10.2 Å². The third-order valence-corrected chi connectivity index (χ3v) is 5.14. The van der Waals surface area contributed by atoms with E-state index >= 15 is 0 Å². The minimum Gasteiger partial charge on any atom is -0.445 e. The van der Waals surface area contributed by atoms with Gasteiger partial charge in [-0.15, -0.1) is 5.10 Å². The van der Waals surface area contributed by atoms with Crippen LogP contribution in [0.1, 0.15) is 76.7 Å². The Labute approximate surface area is 205 Å². The first-order valence-corrected chi connectivity index (χ1v) is 11.9. The zero-order valence-corrected chi connectivity index (χ0v) is 21.2. The number of nitrogens with zero attached hydrogens (tertiary/aromatic N) is 2. The standard InChI is InChI=1S/C25H36N4O6/c1-15(2)12-19(21(30)23-28-29(17(5)6)25(33)35-23)26-22(31)20(13-16(3)4)27-24(32)34-14-18-10-8-7-9-11-18/h7-11,15-17,19-20H,12-14H2,1-6H3,(H,26,31)(H,27,32). The van der Waals surface area contributed by atoms with Crippen LogP contribution in [-0.4, -0.2) is 39.6 Å². The molecule has 0 aliphatic rings. The molecule has 1 heterocycles. The van der Waals surface area contributed by atoms with Crippen molar-refractivity contribution < 1.29 is 23.5 Å². The van der Waals surface area contributed by atoms with Crippen molar-refractivity contribution in [1.82, 2.24) is 20.4 Å². The Kier molecular flexibility index (Phi) is 10.2. The molecule has 2 atom stereocenters. The summed E-state index contributed by atoms with van der Waals surface area (Å²) in [5.74, 6) is -2.09. The Morgan fingerprint density at radius 1 is 0.943 bits per heavy atom. The number of Topliss-reactive ketones (excluding diaryl/α,β-unsaturated/α-hetero) is 1. The third-order valence-electron chi connectivity index (χ3n) is 5.14. The lowest BCUT2D eigenvalue weighted by Gasteiger charge is -2.24. The number of hydrogen-bond donors (Lipinski definition) is 2. The summed E-state index contributed by atoms with van der Waals surface area (Å²) in [4.78, 5) is 50.6. The molecule has 2 N–H and O–H groups in total. The number of hydrogen-bond acceptors (Lipinski definition) is 7. The normalized spacial score (nSPS) is 13.1. The van der Waals surface area contributed by atoms with Crippen molar-refractivity contribution in [2.24, 2.45) is 11.8 Å². The quantitative estimate of drug-likeness (QED) is 0.437. The summed E-state index contributed by atoms with van der Waals surface area (Å²) in [5, 5.41) is 9.31. The van der Waals surface area contributed by atoms with Crippen LogP contribution in [0.3, 0.4) is 0 Å². The SMILES string of the molecule is CC(C)CC(NC(=O)OCc1ccccc1)C(=O)NC(CC(C)C)C(=O)c1nn(C(C)C)c(=O)o1. The Morgan fingerprint density at radius 2 is 1.54 bits per heavy atom. The minimum absolute atomic E-state index is 0.0514. The monoisotopic (exact) mass is 488 g/mol. The van der Waals surface area contributed by atoms with E-state index in [0.29, 0.717) is 12.8 Å². The average molecular weight is 489 g/mol. The summed E-state index contributed by atoms with van der Waals surface area (Å²) in [6, 6.07) is 7.01. The van der Waals surface area contributed by atoms with E-state index in [1.54, 1.807) is 13.8 Å². The van der Waals surface area contributed by atoms with Crippen LogP contribution in [0.4, 0.5) is 4.79 Å². The molecule has 2 unspecified atom stereocenters. The minimum atomic E-state index is -0.974. The van der Waals surface area contributed by atoms with Crippen LogP contribution in [0.5, 0.6) is 0 Å². The third kappa shape index (κ3) is 8.70. The van der Waals surface area contributed by atoms with E-state index in [1.165, 1.54) is 0 Å². The maximum absolute atomic E-state index is 13.1. The zero-order valence-electron chi connectivity index (χ0n) is 21.2. The van der Waals surface area contributed by atoms with Crippen molar-refractivity contribution in [3.05, 3.63) is 52.3 Å². The molecule has 2 amide bonds. The maximum Gasteiger partial charge on any atom is 0.437 e. The van der Waals surface area contributed by atoms with E-state index in [1.807, 2.05) is 58.0 Å². The van der Waals surface area contributed by atoms with Crippen molar-refractivity contribution >= 4 is 17.8 Å². The summed E-state index contributed by atoms with van der Waals surface area (Å²) in [7, 11) is 0. The number of rotatable bonds is 12. The van der Waals surface area contributed by atoms with Crippen LogP contribution in [-0.2, 0) is 16.1 Å². The van der Waals surface area contributed by atoms with Crippen LogP contribution < -0.4 is 16.4 Å². The van der Waals surface area contributed by atoms with Gasteiger partial charge in [0.15, 0.2) is 0 Å². The Balaban J connectivity index is 2.13. The fraction of sp³-hybridized carbons (Fsp3) is 0.560. The molecule has 10 heteroatoms. The highest BCUT2D eigenvalue weighted by Gasteiger charge is 2.31. The first-order valence-electron chi connectivity index (χ1n) is 11.9. The van der Waals surface area contributed by atoms with Crippen molar-refractivity contribution in [2.45, 2.75) is 79.1 Å². The molecule has 0 aliphatic carbocycles. The first kappa shape index (κ1) is 27.8. The second-order valence-corrected chi connectivity index (χ2v) is 9.65. The van der Waals surface area contributed by atoms with Crippen molar-refractivity contribution in [1.29, 1.82) is 0 Å². The van der Waals surface area contributed by atoms with Crippen molar-refractivity contribution in [3.8, 4) is 0 Å². The molecule has 0 spiro atoms. The lowest BCUT2D eigenvalue weighted by molar-refractivity contribution is -0.124. The highest BCUT2D eigenvalue weighted by Crippen LogP contribution is 2.13. The van der Waals surface area contributed by atoms with E-state index < -0.39 is 35.6 Å². The average Bonchev–Trinajstić information content (AvgIpc) is 3.18. The van der Waals surface area contributed by atoms with Gasteiger partial charge in [0.2, 0.25) is 11.7 Å². The summed E-state index contributed by atoms with van der Waals surface area (Å²) in [6.07, 6.45) is -0.0928. The Bertz CT molecular complexity index is 1040. The number of alkyl carbamates (subject to hydrolysis) is 1. The Morgan fingerprint density at radius 3 is 2.09 bits per heavy atom. The summed E-state index contributed by atoms with van der Waals surface area (Å²) >= 11 is 0. The molecular formula is C25H36N4O6. The second kappa shape index (κ2) is 12.9. The van der Waals surface area contributed by atoms with E-state index in [9.17, 15) is 19.2 Å². The van der Waals surface area contributed by atoms with Gasteiger partial charge in [0, 0.05) is 0 Å². The first-order chi connectivity index (χ1) is 16.5. The molecular weight excluding hydrogens is 452 g/mol. The molecule has 192 valence electrons. The van der Waals surface area contributed by atoms with Gasteiger partial charge in [-0.1, -0.05) is 58.0 Å². The smallest absolute Gasteiger partial charge is 0.437 e. The number of carbonyl (C=O) groups is 3. The topological polar surface area (TPSA) is 133 Å². The number of amides is 2. The maximum atomic E-state index is 13.1. The number of aromatic nitrogens is 2. The zero-order chi connectivity index (χ0) is 26.1. The molecule has 1 aromatic heterocycles. The summed E-state index contributed by atoms with van der Waals surface area (Å²) in [6.45, 7) is 11.2. The van der Waals surface area contributed by atoms with Crippen molar-refractivity contribution in [3.63, 3.8) is 0 Å². The molecule has 0 radical (unpaired) electrons. The van der Waals surface area contributed by atoms with E-state index in [4.69, 9.17) is 9.15 Å². The number of carbonyl (C=O) groups excluding carboxylic acids is 3. The molecule has 2 rings (SSSR count). The van der Waals surface area contributed by atoms with Crippen LogP contribution in [0.15, 0.2) is 39.5 Å². The molecule has 1 aromatic carbocycles. The molecule has 0 fully saturated rings. The van der Waals surface area contributed by atoms with E-state index in [-0.39, 0.29) is 30.4 Å². The van der Waals surface area contributed by atoms with Gasteiger partial charge in [0.25, 0.3) is 5.89 Å². The number of benzene rings is 1. The lowest BCUT2D eigenvalue weighted by Crippen LogP contribution is -2.52. The summed E-state index contributed by atoms with van der Waals surface area (Å²) in [5.41, 5.74) is 0.817. The van der Waals surface area contributed by atoms with Crippen LogP contribution in [0.25, 0.3) is 0 Å². The summed E-state index contributed by atoms with van der Waals surface area (Å²) < 4.78 is 11.4. The molecule has 2 aromatic rings. The van der Waals surface area contributed by atoms with Gasteiger partial charge in [-0.25, -0.2) is 9.59 Å². The predicted octanol–water partition coefficient (Wildman–Crippen LogP) is 3.47. The van der Waals surface area contributed by atoms with Crippen molar-refractivity contribution in [2.75, 3.05) is 0 Å². The molecule has 0 aliphatic heterocycles. The van der Waals surface area contributed by atoms with Gasteiger partial charge in [-0.05, 0) is 44.1 Å². The van der Waals surface area contributed by atoms with Crippen LogP contribution in [0, 0.1) is 11.8 Å². The molecule has 0 saturated heterocycles. The van der Waals surface area contributed by atoms with Crippen LogP contribution in [0.2, 0.25) is 0 Å². The Hall–Kier alpha value is -3.43. The molecule has 10 nitrogen and oxygen atoms in total. The van der Waals surface area contributed by atoms with Gasteiger partial charge in [-0.2, -0.15) is 4.68 Å². The largest absolute Gasteiger partial charge is 0.445 e. The predicted molar refractivity (Wildman–Crippen MR) is 130 cm³/mol.